The van der Waals surface area contributed by atoms with Crippen LogP contribution in [0.15, 0.2) is 12.2 Å². The minimum Gasteiger partial charge on any atom is -0.477 e. The van der Waals surface area contributed by atoms with Crippen LogP contribution in [0.5, 0.6) is 0 Å². The summed E-state index contributed by atoms with van der Waals surface area (Å²) in [4.78, 5) is 79.3. The van der Waals surface area contributed by atoms with E-state index in [2.05, 4.69) is 29.8 Å². The number of aliphatic hydroxyl groups excluding tert-OH is 16. The van der Waals surface area contributed by atoms with Crippen molar-refractivity contribution >= 4 is 35.4 Å². The molecule has 0 aromatic carbocycles. The van der Waals surface area contributed by atoms with Crippen LogP contribution in [0.1, 0.15) is 266 Å². The highest BCUT2D eigenvalue weighted by molar-refractivity contribution is 5.78. The molecular formula is C84H149N3O34. The highest BCUT2D eigenvalue weighted by Crippen LogP contribution is 2.43. The monoisotopic (exact) mass is 1740 g/mol. The lowest BCUT2D eigenvalue weighted by Crippen LogP contribution is -2.72. The van der Waals surface area contributed by atoms with Crippen molar-refractivity contribution in [3.8, 4) is 0 Å². The summed E-state index contributed by atoms with van der Waals surface area (Å²) in [5.41, 5.74) is 0. The fourth-order valence-electron chi connectivity index (χ4n) is 16.5. The fourth-order valence-corrected chi connectivity index (χ4v) is 16.5. The molecule has 21 N–H and O–H groups in total. The molecule has 0 aliphatic carbocycles. The van der Waals surface area contributed by atoms with Crippen molar-refractivity contribution in [2.24, 2.45) is 5.92 Å². The average Bonchev–Trinajstić information content (AvgIpc) is 0.758. The maximum absolute atomic E-state index is 14.2. The van der Waals surface area contributed by atoms with Gasteiger partial charge in [-0.3, -0.25) is 14.4 Å². The molecule has 29 atom stereocenters. The summed E-state index contributed by atoms with van der Waals surface area (Å²) in [6.45, 7) is 0.742. The van der Waals surface area contributed by atoms with E-state index in [4.69, 9.17) is 47.4 Å². The SMILES string of the molecule is CCCCCCCCCCCCCC=C[C@@H](O)[C@H](CO[C@@H]1O[C@H](CO)[C@@H](O[C@@H]2O[C@H](CO)[C@H](O[C@@H]3O[C@H](CO)[C@H](O)[C@H](O)[C@H]3CC(C)=O)[C@H](O[C@]3(C(=O)O)C[C@H](O)[C@@H](NC(C)=O)C([C@H](O)[C@@H](CO)O[C@]4(C(=O)O)C[C@H](O)[C@@H](NC(C)=O)C([C@H](O)[C@H](O)CO)O4)O3)[C@H]2O)[C@H](O)[C@H]1O)NC(=O)CCCCCCCCCCCCCCCCCCCCCC. The van der Waals surface area contributed by atoms with Gasteiger partial charge in [-0.1, -0.05) is 212 Å². The molecule has 0 saturated carbocycles. The van der Waals surface area contributed by atoms with E-state index in [-0.39, 0.29) is 6.42 Å². The number of unbranched alkanes of at least 4 members (excludes halogenated alkanes) is 30. The molecule has 5 fully saturated rings. The third kappa shape index (κ3) is 34.0. The van der Waals surface area contributed by atoms with Crippen LogP contribution >= 0.6 is 0 Å². The smallest absolute Gasteiger partial charge is 0.364 e. The second-order valence-electron chi connectivity index (χ2n) is 33.5. The molecule has 37 nitrogen and oxygen atoms in total. The van der Waals surface area contributed by atoms with Gasteiger partial charge in [-0.15, -0.1) is 0 Å². The fraction of sp³-hybridized carbons (Fsp3) is 0.905. The van der Waals surface area contributed by atoms with Crippen LogP contribution < -0.4 is 16.0 Å². The summed E-state index contributed by atoms with van der Waals surface area (Å²) in [7, 11) is 0. The predicted octanol–water partition coefficient (Wildman–Crippen LogP) is 1.35. The van der Waals surface area contributed by atoms with Crippen molar-refractivity contribution in [2.75, 3.05) is 39.6 Å². The number of carboxylic acids is 2. The Morgan fingerprint density at radius 2 is 0.901 bits per heavy atom. The summed E-state index contributed by atoms with van der Waals surface area (Å²) in [6.07, 6.45) is -12.6. The number of carbonyl (C=O) groups excluding carboxylic acids is 4. The van der Waals surface area contributed by atoms with Gasteiger partial charge in [0.05, 0.1) is 82.2 Å². The summed E-state index contributed by atoms with van der Waals surface area (Å²) in [5.74, 6) is -15.9. The number of aliphatic carboxylic acids is 2. The molecule has 121 heavy (non-hydrogen) atoms. The number of hydrogen-bond acceptors (Lipinski definition) is 32. The Morgan fingerprint density at radius 3 is 1.36 bits per heavy atom. The quantitative estimate of drug-likeness (QED) is 0.0302. The number of nitrogens with one attached hydrogen (secondary N) is 3. The first-order valence-corrected chi connectivity index (χ1v) is 44.4. The second kappa shape index (κ2) is 56.8. The van der Waals surface area contributed by atoms with E-state index in [0.29, 0.717) is 12.8 Å². The number of ether oxygens (including phenoxy) is 10. The topological polar surface area (TPSA) is 595 Å². The maximum Gasteiger partial charge on any atom is 0.364 e. The molecule has 0 spiro atoms. The molecule has 5 heterocycles. The van der Waals surface area contributed by atoms with Crippen LogP contribution in [0.25, 0.3) is 0 Å². The van der Waals surface area contributed by atoms with Crippen LogP contribution in [0, 0.1) is 5.92 Å². The molecule has 2 unspecified atom stereocenters. The molecule has 5 aliphatic rings. The van der Waals surface area contributed by atoms with Crippen molar-refractivity contribution in [3.05, 3.63) is 12.2 Å². The van der Waals surface area contributed by atoms with Crippen LogP contribution in [0.3, 0.4) is 0 Å². The minimum absolute atomic E-state index is 0.116. The maximum atomic E-state index is 14.2. The van der Waals surface area contributed by atoms with Crippen LogP contribution in [-0.4, -0.2) is 338 Å². The lowest BCUT2D eigenvalue weighted by atomic mass is 9.86. The van der Waals surface area contributed by atoms with Gasteiger partial charge >= 0.3 is 11.9 Å². The van der Waals surface area contributed by atoms with Crippen LogP contribution in [-0.2, 0) is 76.1 Å². The van der Waals surface area contributed by atoms with Crippen molar-refractivity contribution in [3.63, 3.8) is 0 Å². The van der Waals surface area contributed by atoms with Crippen LogP contribution in [0.4, 0.5) is 0 Å². The highest BCUT2D eigenvalue weighted by atomic mass is 16.8. The number of carboxylic acid groups (broad SMARTS) is 2. The summed E-state index contributed by atoms with van der Waals surface area (Å²) >= 11 is 0. The summed E-state index contributed by atoms with van der Waals surface area (Å²) < 4.78 is 60.2. The van der Waals surface area contributed by atoms with Gasteiger partial charge in [0.1, 0.15) is 103 Å². The zero-order chi connectivity index (χ0) is 89.4. The highest BCUT2D eigenvalue weighted by Gasteiger charge is 2.64. The van der Waals surface area contributed by atoms with Gasteiger partial charge in [0, 0.05) is 45.4 Å². The van der Waals surface area contributed by atoms with Gasteiger partial charge < -0.3 is 160 Å². The number of Topliss-reactive ketones (excluding diaryl/α,β-unsaturated/α-hetero) is 1. The lowest BCUT2D eigenvalue weighted by molar-refractivity contribution is -0.404. The third-order valence-corrected chi connectivity index (χ3v) is 23.5. The largest absolute Gasteiger partial charge is 0.477 e. The molecule has 5 saturated heterocycles. The third-order valence-electron chi connectivity index (χ3n) is 23.5. The first-order chi connectivity index (χ1) is 57.8. The standard InChI is InChI=1S/C84H149N3O34/c1-6-8-10-12-14-16-18-20-21-22-23-24-25-26-28-30-32-34-36-38-40-63(100)87-54(55(96)39-37-35-33-31-29-27-19-17-15-13-11-9-7-2)49-112-79-71(106)70(105)73(61(47-91)114-79)116-80-72(107)77(74(62(48-92)115-80)117-78-53(41-50(3)93)66(101)68(103)59(45-89)113-78)121-84(82(110)111)43-57(98)65(86-52(5)95)76(120-84)69(104)60(46-90)118-83(81(108)109)42-56(97)64(85-51(4)94)75(119-83)67(102)58(99)44-88/h37,39,53-62,64-80,88-92,96-99,101-107H,6-36,38,40-49H2,1-5H3,(H,85,94)(H,86,95)(H,87,100)(H,108,109)(H,110,111)/t53-,54+,55-,56+,57+,58-,59-,60-,61-,62-,64-,65-,66-,67-,68+,69-,70-,71-,72-,73-,74+,75?,76?,77-,78+,79-,80+,83-,84+/m1/s1. The zero-order valence-corrected chi connectivity index (χ0v) is 71.5. The van der Waals surface area contributed by atoms with Crippen molar-refractivity contribution in [2.45, 2.75) is 436 Å². The van der Waals surface area contributed by atoms with E-state index >= 15 is 0 Å². The number of aliphatic hydroxyl groups is 16. The van der Waals surface area contributed by atoms with E-state index in [0.717, 1.165) is 85.0 Å². The molecule has 5 aliphatic heterocycles. The van der Waals surface area contributed by atoms with Crippen molar-refractivity contribution < 1.29 is 168 Å². The van der Waals surface area contributed by atoms with E-state index in [9.17, 15) is 121 Å². The Kier molecular flexibility index (Phi) is 50.4. The van der Waals surface area contributed by atoms with Crippen molar-refractivity contribution in [1.82, 2.24) is 16.0 Å². The van der Waals surface area contributed by atoms with Gasteiger partial charge in [-0.05, 0) is 26.2 Å². The molecule has 5 rings (SSSR count). The number of rotatable bonds is 62. The van der Waals surface area contributed by atoms with Gasteiger partial charge in [0.25, 0.3) is 11.6 Å². The van der Waals surface area contributed by atoms with E-state index in [1.807, 2.05) is 0 Å². The molecule has 0 aromatic heterocycles. The van der Waals surface area contributed by atoms with Gasteiger partial charge in [-0.25, -0.2) is 9.59 Å². The lowest BCUT2D eigenvalue weighted by Gasteiger charge is -2.52. The van der Waals surface area contributed by atoms with Gasteiger partial charge in [-0.2, -0.15) is 0 Å². The second-order valence-corrected chi connectivity index (χ2v) is 33.5. The Morgan fingerprint density at radius 1 is 0.471 bits per heavy atom. The van der Waals surface area contributed by atoms with E-state index < -0.39 is 271 Å². The van der Waals surface area contributed by atoms with E-state index in [1.165, 1.54) is 134 Å². The Balaban J connectivity index is 1.40. The first-order valence-electron chi connectivity index (χ1n) is 44.4. The Hall–Kier alpha value is -4.28. The Bertz CT molecular complexity index is 2950. The molecule has 0 radical (unpaired) electrons. The zero-order valence-electron chi connectivity index (χ0n) is 71.5. The summed E-state index contributed by atoms with van der Waals surface area (Å²) in [6, 6.07) is -4.96. The molecule has 37 heteroatoms. The number of allylic oxidation sites excluding steroid dienone is 1. The number of carbonyl (C=O) groups is 6. The Labute approximate surface area is 710 Å². The molecule has 3 amide bonds. The van der Waals surface area contributed by atoms with Crippen molar-refractivity contribution in [1.29, 1.82) is 0 Å². The minimum atomic E-state index is -3.58. The number of amides is 3. The van der Waals surface area contributed by atoms with Crippen LogP contribution in [0.2, 0.25) is 0 Å². The number of ketones is 1. The predicted molar refractivity (Wildman–Crippen MR) is 431 cm³/mol. The average molecular weight is 1750 g/mol. The number of hydrogen-bond donors (Lipinski definition) is 21. The molecule has 0 bridgehead atoms. The van der Waals surface area contributed by atoms with Gasteiger partial charge in [0.2, 0.25) is 17.7 Å². The van der Waals surface area contributed by atoms with Gasteiger partial charge in [0.15, 0.2) is 18.9 Å². The molecule has 0 aromatic rings. The van der Waals surface area contributed by atoms with E-state index in [1.54, 1.807) is 6.08 Å². The molecular weight excluding hydrogens is 1590 g/mol. The molecule has 704 valence electrons. The normalized spacial score (nSPS) is 32.5. The first kappa shape index (κ1) is 107. The summed E-state index contributed by atoms with van der Waals surface area (Å²) in [5, 5.41) is 211.